The van der Waals surface area contributed by atoms with E-state index >= 15 is 0 Å². The number of hydrogen-bond donors (Lipinski definition) is 0. The fourth-order valence-corrected chi connectivity index (χ4v) is 4.34. The van der Waals surface area contributed by atoms with E-state index in [0.717, 1.165) is 19.4 Å². The van der Waals surface area contributed by atoms with Gasteiger partial charge in [-0.25, -0.2) is 8.42 Å². The predicted octanol–water partition coefficient (Wildman–Crippen LogP) is 2.04. The van der Waals surface area contributed by atoms with E-state index in [1.165, 1.54) is 13.1 Å². The average molecular weight is 309 g/mol. The van der Waals surface area contributed by atoms with Gasteiger partial charge in [-0.2, -0.15) is 9.57 Å². The van der Waals surface area contributed by atoms with Crippen LogP contribution in [0.1, 0.15) is 6.92 Å². The number of halogens is 1. The Hall–Kier alpha value is -0.420. The van der Waals surface area contributed by atoms with Crippen LogP contribution in [0.2, 0.25) is 0 Å². The quantitative estimate of drug-likeness (QED) is 0.858. The summed E-state index contributed by atoms with van der Waals surface area (Å²) in [5, 5.41) is 8.66. The Morgan fingerprint density at radius 3 is 2.60 bits per heavy atom. The van der Waals surface area contributed by atoms with Gasteiger partial charge in [-0.15, -0.1) is 11.3 Å². The van der Waals surface area contributed by atoms with Crippen LogP contribution < -0.4 is 0 Å². The molecule has 1 aromatic heterocycles. The van der Waals surface area contributed by atoms with Crippen LogP contribution in [0.5, 0.6) is 0 Å². The SMILES string of the molecule is CC(C#N)N(C)S(=O)(=O)c1ccc(Br)s1. The smallest absolute Gasteiger partial charge is 0.206 e. The average Bonchev–Trinajstić information content (AvgIpc) is 2.63. The Morgan fingerprint density at radius 1 is 1.60 bits per heavy atom. The monoisotopic (exact) mass is 308 g/mol. The molecule has 0 bridgehead atoms. The Bertz CT molecular complexity index is 489. The lowest BCUT2D eigenvalue weighted by Gasteiger charge is -2.17. The lowest BCUT2D eigenvalue weighted by atomic mass is 10.4. The highest BCUT2D eigenvalue weighted by atomic mass is 79.9. The van der Waals surface area contributed by atoms with E-state index in [4.69, 9.17) is 5.26 Å². The molecule has 82 valence electrons. The maximum Gasteiger partial charge on any atom is 0.253 e. The molecule has 1 heterocycles. The first-order valence-corrected chi connectivity index (χ1v) is 7.07. The van der Waals surface area contributed by atoms with Crippen LogP contribution in [0.15, 0.2) is 20.1 Å². The molecule has 0 saturated heterocycles. The van der Waals surface area contributed by atoms with Gasteiger partial charge >= 0.3 is 0 Å². The van der Waals surface area contributed by atoms with E-state index in [1.807, 2.05) is 6.07 Å². The molecular weight excluding hydrogens is 300 g/mol. The molecule has 1 atom stereocenters. The van der Waals surface area contributed by atoms with E-state index in [-0.39, 0.29) is 4.21 Å². The summed E-state index contributed by atoms with van der Waals surface area (Å²) < 4.78 is 25.9. The molecule has 0 fully saturated rings. The first-order chi connectivity index (χ1) is 6.89. The maximum atomic E-state index is 11.9. The fourth-order valence-electron chi connectivity index (χ4n) is 0.868. The van der Waals surface area contributed by atoms with Crippen LogP contribution in [0.25, 0.3) is 0 Å². The van der Waals surface area contributed by atoms with Gasteiger partial charge in [-0.3, -0.25) is 0 Å². The summed E-state index contributed by atoms with van der Waals surface area (Å²) in [6.07, 6.45) is 0. The van der Waals surface area contributed by atoms with Crippen LogP contribution >= 0.6 is 27.3 Å². The minimum Gasteiger partial charge on any atom is -0.206 e. The lowest BCUT2D eigenvalue weighted by Crippen LogP contribution is -2.33. The molecule has 1 aromatic rings. The normalized spacial score (nSPS) is 13.8. The lowest BCUT2D eigenvalue weighted by molar-refractivity contribution is 0.443. The third-order valence-electron chi connectivity index (χ3n) is 1.91. The van der Waals surface area contributed by atoms with E-state index in [2.05, 4.69) is 15.9 Å². The highest BCUT2D eigenvalue weighted by molar-refractivity contribution is 9.11. The van der Waals surface area contributed by atoms with Gasteiger partial charge in [0.15, 0.2) is 0 Å². The van der Waals surface area contributed by atoms with Crippen molar-refractivity contribution in [2.75, 3.05) is 7.05 Å². The molecule has 0 aliphatic rings. The topological polar surface area (TPSA) is 61.2 Å². The summed E-state index contributed by atoms with van der Waals surface area (Å²) in [7, 11) is -2.13. The summed E-state index contributed by atoms with van der Waals surface area (Å²) in [5.41, 5.74) is 0. The molecule has 0 N–H and O–H groups in total. The third-order valence-corrected chi connectivity index (χ3v) is 5.93. The van der Waals surface area contributed by atoms with Gasteiger partial charge in [-0.05, 0) is 35.0 Å². The Kier molecular flexibility index (Phi) is 3.89. The molecule has 0 spiro atoms. The van der Waals surface area contributed by atoms with E-state index in [0.29, 0.717) is 0 Å². The van der Waals surface area contributed by atoms with Crippen molar-refractivity contribution in [1.29, 1.82) is 5.26 Å². The molecule has 7 heteroatoms. The summed E-state index contributed by atoms with van der Waals surface area (Å²) >= 11 is 4.33. The molecule has 0 aliphatic carbocycles. The molecule has 0 radical (unpaired) electrons. The summed E-state index contributed by atoms with van der Waals surface area (Å²) in [6, 6.07) is 4.40. The number of rotatable bonds is 3. The number of thiophene rings is 1. The second-order valence-corrected chi connectivity index (χ2v) is 7.57. The summed E-state index contributed by atoms with van der Waals surface area (Å²) in [6.45, 7) is 1.54. The van der Waals surface area contributed by atoms with Crippen molar-refractivity contribution in [2.24, 2.45) is 0 Å². The Morgan fingerprint density at radius 2 is 2.20 bits per heavy atom. The Labute approximate surface area is 101 Å². The van der Waals surface area contributed by atoms with Crippen molar-refractivity contribution in [1.82, 2.24) is 4.31 Å². The molecule has 1 unspecified atom stereocenters. The molecule has 0 amide bonds. The maximum absolute atomic E-state index is 11.9. The van der Waals surface area contributed by atoms with Gasteiger partial charge in [0.25, 0.3) is 10.0 Å². The van der Waals surface area contributed by atoms with Crippen LogP contribution in [0, 0.1) is 11.3 Å². The fraction of sp³-hybridized carbons (Fsp3) is 0.375. The number of nitrogens with zero attached hydrogens (tertiary/aromatic N) is 2. The first kappa shape index (κ1) is 12.6. The first-order valence-electron chi connectivity index (χ1n) is 4.02. The number of hydrogen-bond acceptors (Lipinski definition) is 4. The van der Waals surface area contributed by atoms with Gasteiger partial charge < -0.3 is 0 Å². The van der Waals surface area contributed by atoms with E-state index in [1.54, 1.807) is 13.0 Å². The highest BCUT2D eigenvalue weighted by Gasteiger charge is 2.26. The van der Waals surface area contributed by atoms with Gasteiger partial charge in [0.2, 0.25) is 0 Å². The van der Waals surface area contributed by atoms with Crippen LogP contribution in [0.4, 0.5) is 0 Å². The molecule has 15 heavy (non-hydrogen) atoms. The van der Waals surface area contributed by atoms with Crippen molar-refractivity contribution in [3.63, 3.8) is 0 Å². The van der Waals surface area contributed by atoms with Crippen molar-refractivity contribution in [3.05, 3.63) is 15.9 Å². The van der Waals surface area contributed by atoms with Crippen molar-refractivity contribution in [2.45, 2.75) is 17.2 Å². The zero-order chi connectivity index (χ0) is 11.6. The Balaban J connectivity index is 3.10. The zero-order valence-electron chi connectivity index (χ0n) is 8.14. The number of nitriles is 1. The zero-order valence-corrected chi connectivity index (χ0v) is 11.4. The molecule has 1 rings (SSSR count). The van der Waals surface area contributed by atoms with Crippen molar-refractivity contribution >= 4 is 37.3 Å². The highest BCUT2D eigenvalue weighted by Crippen LogP contribution is 2.28. The molecule has 4 nitrogen and oxygen atoms in total. The van der Waals surface area contributed by atoms with Crippen molar-refractivity contribution < 1.29 is 8.42 Å². The largest absolute Gasteiger partial charge is 0.253 e. The number of sulfonamides is 1. The molecule has 0 aromatic carbocycles. The second-order valence-electron chi connectivity index (χ2n) is 2.88. The van der Waals surface area contributed by atoms with E-state index in [9.17, 15) is 8.42 Å². The van der Waals surface area contributed by atoms with Crippen LogP contribution in [-0.4, -0.2) is 25.8 Å². The van der Waals surface area contributed by atoms with Gasteiger partial charge in [0, 0.05) is 7.05 Å². The minimum absolute atomic E-state index is 0.235. The molecular formula is C8H9BrN2O2S2. The standard InChI is InChI=1S/C8H9BrN2O2S2/c1-6(5-10)11(2)15(12,13)8-4-3-7(9)14-8/h3-4,6H,1-2H3. The third kappa shape index (κ3) is 2.58. The minimum atomic E-state index is -3.53. The van der Waals surface area contributed by atoms with Gasteiger partial charge in [-0.1, -0.05) is 0 Å². The van der Waals surface area contributed by atoms with Gasteiger partial charge in [0.05, 0.1) is 9.86 Å². The summed E-state index contributed by atoms with van der Waals surface area (Å²) in [5.74, 6) is 0. The van der Waals surface area contributed by atoms with Gasteiger partial charge in [0.1, 0.15) is 10.3 Å². The van der Waals surface area contributed by atoms with Crippen molar-refractivity contribution in [3.8, 4) is 6.07 Å². The summed E-state index contributed by atoms with van der Waals surface area (Å²) in [4.78, 5) is 0. The molecule has 0 saturated carbocycles. The van der Waals surface area contributed by atoms with Crippen LogP contribution in [-0.2, 0) is 10.0 Å². The predicted molar refractivity (Wildman–Crippen MR) is 62.0 cm³/mol. The van der Waals surface area contributed by atoms with E-state index < -0.39 is 16.1 Å². The molecule has 0 aliphatic heterocycles. The van der Waals surface area contributed by atoms with Crippen LogP contribution in [0.3, 0.4) is 0 Å². The second kappa shape index (κ2) is 4.61.